The lowest BCUT2D eigenvalue weighted by Crippen LogP contribution is -2.33. The summed E-state index contributed by atoms with van der Waals surface area (Å²) in [4.78, 5) is 59.4. The lowest BCUT2D eigenvalue weighted by molar-refractivity contribution is -0.122. The summed E-state index contributed by atoms with van der Waals surface area (Å²) in [6, 6.07) is 17.2. The van der Waals surface area contributed by atoms with E-state index in [1.54, 1.807) is 67.0 Å². The van der Waals surface area contributed by atoms with Crippen LogP contribution in [-0.4, -0.2) is 32.5 Å². The number of hydrogen-bond acceptors (Lipinski definition) is 7. The van der Waals surface area contributed by atoms with Gasteiger partial charge in [0.2, 0.25) is 17.7 Å². The van der Waals surface area contributed by atoms with E-state index in [2.05, 4.69) is 26.2 Å². The predicted octanol–water partition coefficient (Wildman–Crippen LogP) is 5.16. The summed E-state index contributed by atoms with van der Waals surface area (Å²) in [5.41, 5.74) is 1.76. The number of rotatable bonds is 5. The molecule has 3 amide bonds. The quantitative estimate of drug-likeness (QED) is 0.303. The van der Waals surface area contributed by atoms with Gasteiger partial charge in [0.25, 0.3) is 0 Å². The van der Waals surface area contributed by atoms with Crippen molar-refractivity contribution in [2.45, 2.75) is 22.7 Å². The summed E-state index contributed by atoms with van der Waals surface area (Å²) in [5, 5.41) is 3.07. The van der Waals surface area contributed by atoms with E-state index in [-0.39, 0.29) is 23.2 Å². The minimum Gasteiger partial charge on any atom is -0.325 e. The van der Waals surface area contributed by atoms with Gasteiger partial charge >= 0.3 is 4.87 Å². The molecule has 4 heterocycles. The van der Waals surface area contributed by atoms with E-state index in [4.69, 9.17) is 11.6 Å². The maximum Gasteiger partial charge on any atom is 0.308 e. The molecule has 6 rings (SSSR count). The van der Waals surface area contributed by atoms with Crippen molar-refractivity contribution < 1.29 is 14.4 Å². The third kappa shape index (κ3) is 4.73. The van der Waals surface area contributed by atoms with E-state index < -0.39 is 23.0 Å². The molecule has 3 atom stereocenters. The second-order valence-electron chi connectivity index (χ2n) is 9.00. The Morgan fingerprint density at radius 2 is 1.77 bits per heavy atom. The first-order chi connectivity index (χ1) is 18.8. The van der Waals surface area contributed by atoms with Crippen molar-refractivity contribution in [2.75, 3.05) is 10.2 Å². The molecule has 0 radical (unpaired) electrons. The normalized spacial score (nSPS) is 20.1. The fourth-order valence-electron chi connectivity index (χ4n) is 4.90. The first-order valence-corrected chi connectivity index (χ1v) is 14.7. The molecule has 2 aromatic heterocycles. The average Bonchev–Trinajstić information content (AvgIpc) is 3.37. The highest BCUT2D eigenvalue weighted by molar-refractivity contribution is 9.10. The monoisotopic (exact) mass is 640 g/mol. The van der Waals surface area contributed by atoms with Gasteiger partial charge in [-0.25, -0.2) is 4.90 Å². The minimum atomic E-state index is -0.765. The summed E-state index contributed by atoms with van der Waals surface area (Å²) in [6.07, 6.45) is 3.28. The zero-order valence-corrected chi connectivity index (χ0v) is 23.9. The van der Waals surface area contributed by atoms with Crippen molar-refractivity contribution in [1.29, 1.82) is 0 Å². The van der Waals surface area contributed by atoms with Crippen molar-refractivity contribution in [3.8, 4) is 0 Å². The number of aromatic nitrogens is 2. The molecule has 1 saturated heterocycles. The number of amides is 3. The Labute approximate surface area is 244 Å². The number of anilines is 2. The van der Waals surface area contributed by atoms with Gasteiger partial charge in [-0.05, 0) is 60.2 Å². The van der Waals surface area contributed by atoms with Gasteiger partial charge in [0, 0.05) is 38.4 Å². The van der Waals surface area contributed by atoms with E-state index in [9.17, 15) is 19.2 Å². The van der Waals surface area contributed by atoms with Crippen LogP contribution < -0.4 is 15.1 Å². The maximum atomic E-state index is 13.8. The van der Waals surface area contributed by atoms with Gasteiger partial charge in [-0.15, -0.1) is 0 Å². The number of fused-ring (bicyclic) bond motifs is 2. The Hall–Kier alpha value is -3.25. The summed E-state index contributed by atoms with van der Waals surface area (Å²) < 4.78 is 2.21. The van der Waals surface area contributed by atoms with Crippen LogP contribution in [0.3, 0.4) is 0 Å². The Morgan fingerprint density at radius 1 is 1.03 bits per heavy atom. The number of thioether (sulfide) groups is 1. The first kappa shape index (κ1) is 26.0. The van der Waals surface area contributed by atoms with Crippen LogP contribution in [0, 0.1) is 5.92 Å². The number of hydrogen-bond donors (Lipinski definition) is 1. The lowest BCUT2D eigenvalue weighted by atomic mass is 9.84. The van der Waals surface area contributed by atoms with Gasteiger partial charge in [-0.1, -0.05) is 56.7 Å². The second kappa shape index (κ2) is 10.4. The average molecular weight is 642 g/mol. The molecular formula is C27H18BrClN4O4S2. The Morgan fingerprint density at radius 3 is 2.46 bits per heavy atom. The van der Waals surface area contributed by atoms with E-state index >= 15 is 0 Å². The van der Waals surface area contributed by atoms with Crippen LogP contribution in [0.5, 0.6) is 0 Å². The molecule has 2 aliphatic rings. The summed E-state index contributed by atoms with van der Waals surface area (Å²) in [5.74, 6) is -2.36. The number of nitrogens with zero attached hydrogens (tertiary/aromatic N) is 3. The molecular weight excluding hydrogens is 624 g/mol. The molecule has 0 spiro atoms. The van der Waals surface area contributed by atoms with Gasteiger partial charge in [0.05, 0.1) is 16.6 Å². The molecule has 12 heteroatoms. The maximum absolute atomic E-state index is 13.8. The molecule has 0 bridgehead atoms. The molecule has 196 valence electrons. The van der Waals surface area contributed by atoms with E-state index in [1.165, 1.54) is 21.2 Å². The molecule has 2 aromatic carbocycles. The summed E-state index contributed by atoms with van der Waals surface area (Å²) >= 11 is 11.5. The molecule has 0 saturated carbocycles. The topological polar surface area (TPSA) is 101 Å². The van der Waals surface area contributed by atoms with Gasteiger partial charge in [0.15, 0.2) is 0 Å². The van der Waals surface area contributed by atoms with Crippen molar-refractivity contribution in [1.82, 2.24) is 9.55 Å². The molecule has 1 fully saturated rings. The van der Waals surface area contributed by atoms with E-state index in [1.807, 2.05) is 6.07 Å². The number of imide groups is 1. The third-order valence-corrected chi connectivity index (χ3v) is 9.99. The van der Waals surface area contributed by atoms with Crippen LogP contribution in [0.2, 0.25) is 5.02 Å². The highest BCUT2D eigenvalue weighted by Crippen LogP contribution is 2.53. The fourth-order valence-corrected chi connectivity index (χ4v) is 8.06. The molecule has 0 aliphatic carbocycles. The van der Waals surface area contributed by atoms with Crippen molar-refractivity contribution in [3.63, 3.8) is 0 Å². The molecule has 39 heavy (non-hydrogen) atoms. The smallest absolute Gasteiger partial charge is 0.308 e. The molecule has 1 N–H and O–H groups in total. The second-order valence-corrected chi connectivity index (χ2v) is 12.5. The third-order valence-electron chi connectivity index (χ3n) is 6.61. The van der Waals surface area contributed by atoms with Crippen LogP contribution in [0.25, 0.3) is 0 Å². The van der Waals surface area contributed by atoms with E-state index in [0.717, 1.165) is 21.4 Å². The predicted molar refractivity (Wildman–Crippen MR) is 155 cm³/mol. The minimum absolute atomic E-state index is 0.240. The zero-order chi connectivity index (χ0) is 27.3. The number of thiazole rings is 1. The Bertz CT molecular complexity index is 1660. The van der Waals surface area contributed by atoms with E-state index in [0.29, 0.717) is 26.3 Å². The van der Waals surface area contributed by atoms with Gasteiger partial charge < -0.3 is 5.32 Å². The van der Waals surface area contributed by atoms with Crippen molar-refractivity contribution >= 4 is 79.7 Å². The van der Waals surface area contributed by atoms with Crippen LogP contribution in [0.4, 0.5) is 11.4 Å². The van der Waals surface area contributed by atoms with Crippen molar-refractivity contribution in [3.05, 3.63) is 103 Å². The summed E-state index contributed by atoms with van der Waals surface area (Å²) in [6.45, 7) is -0.240. The van der Waals surface area contributed by atoms with Crippen LogP contribution in [0.15, 0.2) is 87.4 Å². The standard InChI is InChI=1S/C27H18BrClN4O4S2/c28-15-3-9-18(10-4-15)33-24(35)21-20(14-2-1-11-30-12-14)23-26(38-22(21)25(33)36)32(27(37)39-23)13-19(34)31-17-7-5-16(29)6-8-17/h1-12,20-22H,13H2,(H,31,34)/t20-,21-,22+/m0/s1. The molecule has 0 unspecified atom stereocenters. The number of carbonyl (C=O) groups excluding carboxylic acids is 3. The van der Waals surface area contributed by atoms with Gasteiger partial charge in [0.1, 0.15) is 11.8 Å². The zero-order valence-electron chi connectivity index (χ0n) is 19.9. The summed E-state index contributed by atoms with van der Waals surface area (Å²) in [7, 11) is 0. The highest BCUT2D eigenvalue weighted by atomic mass is 79.9. The van der Waals surface area contributed by atoms with Gasteiger partial charge in [-0.3, -0.25) is 28.7 Å². The number of nitrogens with one attached hydrogen (secondary N) is 1. The molecule has 8 nitrogen and oxygen atoms in total. The number of halogens is 2. The lowest BCUT2D eigenvalue weighted by Gasteiger charge is -2.30. The Balaban J connectivity index is 1.39. The van der Waals surface area contributed by atoms with Crippen molar-refractivity contribution in [2.24, 2.45) is 5.92 Å². The van der Waals surface area contributed by atoms with Crippen LogP contribution in [0.1, 0.15) is 16.4 Å². The number of benzene rings is 2. The molecule has 2 aliphatic heterocycles. The number of carbonyl (C=O) groups is 3. The highest BCUT2D eigenvalue weighted by Gasteiger charge is 2.56. The fraction of sp³-hybridized carbons (Fsp3) is 0.148. The van der Waals surface area contributed by atoms with Crippen LogP contribution in [-0.2, 0) is 20.9 Å². The first-order valence-electron chi connectivity index (χ1n) is 11.8. The van der Waals surface area contributed by atoms with Crippen LogP contribution >= 0.6 is 50.6 Å². The largest absolute Gasteiger partial charge is 0.325 e. The number of pyridine rings is 1. The van der Waals surface area contributed by atoms with Gasteiger partial charge in [-0.2, -0.15) is 0 Å². The molecule has 4 aromatic rings. The SMILES string of the molecule is O=C(Cn1c2c(sc1=O)[C@@H](c1cccnc1)[C@@H]1C(=O)N(c3ccc(Br)cc3)C(=O)[C@@H]1S2)Nc1ccc(Cl)cc1. The Kier molecular flexibility index (Phi) is 6.92.